The van der Waals surface area contributed by atoms with E-state index in [2.05, 4.69) is 9.97 Å². The van der Waals surface area contributed by atoms with Crippen LogP contribution in [0.5, 0.6) is 5.75 Å². The number of nitrogens with zero attached hydrogens (tertiary/aromatic N) is 3. The molecule has 2 aromatic heterocycles. The quantitative estimate of drug-likeness (QED) is 0.124. The van der Waals surface area contributed by atoms with Crippen molar-refractivity contribution in [1.82, 2.24) is 14.9 Å². The molecule has 1 fully saturated rings. The van der Waals surface area contributed by atoms with Crippen molar-refractivity contribution in [3.8, 4) is 17.0 Å². The average Bonchev–Trinajstić information content (AvgIpc) is 3.25. The number of fused-ring (bicyclic) bond motifs is 1. The zero-order valence-electron chi connectivity index (χ0n) is 22.9. The zero-order valence-corrected chi connectivity index (χ0v) is 24.5. The molecule has 0 unspecified atom stereocenters. The van der Waals surface area contributed by atoms with Gasteiger partial charge in [-0.15, -0.1) is 0 Å². The number of benzene rings is 2. The van der Waals surface area contributed by atoms with E-state index < -0.39 is 40.6 Å². The molecule has 15 heteroatoms. The first-order chi connectivity index (χ1) is 21.2. The van der Waals surface area contributed by atoms with Crippen LogP contribution in [0.2, 0.25) is 0 Å². The van der Waals surface area contributed by atoms with Crippen LogP contribution in [-0.4, -0.2) is 49.8 Å². The number of ether oxygens (including phenoxy) is 1. The number of aromatic nitrogens is 2. The van der Waals surface area contributed by atoms with Crippen molar-refractivity contribution in [2.75, 3.05) is 13.7 Å². The summed E-state index contributed by atoms with van der Waals surface area (Å²) in [4.78, 5) is 33.3. The van der Waals surface area contributed by atoms with Crippen LogP contribution in [0, 0.1) is 0 Å². The van der Waals surface area contributed by atoms with Crippen LogP contribution in [0.1, 0.15) is 32.7 Å². The van der Waals surface area contributed by atoms with Gasteiger partial charge in [0.05, 0.1) is 28.8 Å². The highest BCUT2D eigenvalue weighted by Gasteiger charge is 2.39. The molecule has 45 heavy (non-hydrogen) atoms. The summed E-state index contributed by atoms with van der Waals surface area (Å²) in [5, 5.41) is 8.46. The monoisotopic (exact) mass is 663 g/mol. The van der Waals surface area contributed by atoms with E-state index in [9.17, 15) is 35.9 Å². The number of carboxylic acid groups (broad SMARTS) is 1. The summed E-state index contributed by atoms with van der Waals surface area (Å²) < 4.78 is 86.7. The van der Waals surface area contributed by atoms with E-state index in [1.807, 2.05) is 0 Å². The molecule has 0 saturated carbocycles. The predicted molar refractivity (Wildman–Crippen MR) is 159 cm³/mol. The maximum absolute atomic E-state index is 13.6. The average molecular weight is 664 g/mol. The highest BCUT2D eigenvalue weighted by Crippen LogP contribution is 2.40. The zero-order chi connectivity index (χ0) is 32.7. The van der Waals surface area contributed by atoms with Crippen LogP contribution < -0.4 is 4.74 Å². The molecule has 4 aromatic rings. The van der Waals surface area contributed by atoms with Crippen LogP contribution in [0.15, 0.2) is 65.6 Å². The molecular weight excluding hydrogens is 644 g/mol. The molecule has 7 nitrogen and oxygen atoms in total. The first-order valence-electron chi connectivity index (χ1n) is 12.9. The van der Waals surface area contributed by atoms with E-state index in [4.69, 9.17) is 22.1 Å². The number of methoxy groups -OCH3 is 1. The molecule has 3 heterocycles. The topological polar surface area (TPSA) is 92.6 Å². The normalized spacial score (nSPS) is 14.9. The number of rotatable bonds is 7. The van der Waals surface area contributed by atoms with Gasteiger partial charge in [-0.05, 0) is 66.1 Å². The summed E-state index contributed by atoms with van der Waals surface area (Å²) in [5.41, 5.74) is -2.35. The van der Waals surface area contributed by atoms with Gasteiger partial charge in [0, 0.05) is 17.5 Å². The Hall–Kier alpha value is -4.50. The number of thioether (sulfide) groups is 1. The largest absolute Gasteiger partial charge is 0.496 e. The Kier molecular flexibility index (Phi) is 8.60. The third kappa shape index (κ3) is 6.78. The first-order valence-corrected chi connectivity index (χ1v) is 14.1. The molecule has 0 bridgehead atoms. The Labute approximate surface area is 260 Å². The van der Waals surface area contributed by atoms with Crippen molar-refractivity contribution in [2.24, 2.45) is 0 Å². The fourth-order valence-corrected chi connectivity index (χ4v) is 5.86. The van der Waals surface area contributed by atoms with Crippen LogP contribution >= 0.6 is 24.0 Å². The van der Waals surface area contributed by atoms with Crippen molar-refractivity contribution in [3.63, 3.8) is 0 Å². The lowest BCUT2D eigenvalue weighted by molar-refractivity contribution is -0.144. The number of carboxylic acids is 1. The molecule has 1 N–H and O–H groups in total. The number of amides is 1. The van der Waals surface area contributed by atoms with Crippen molar-refractivity contribution in [3.05, 3.63) is 93.5 Å². The van der Waals surface area contributed by atoms with Gasteiger partial charge in [0.2, 0.25) is 0 Å². The first kappa shape index (κ1) is 31.9. The highest BCUT2D eigenvalue weighted by atomic mass is 32.2. The molecule has 2 aromatic carbocycles. The second-order valence-corrected chi connectivity index (χ2v) is 11.3. The fraction of sp³-hybridized carbons (Fsp3) is 0.167. The van der Waals surface area contributed by atoms with Gasteiger partial charge in [-0.1, -0.05) is 42.2 Å². The SMILES string of the molecule is COc1ccc(C=C2SC(=S)N(CCc3ccc(C(=O)O)cc3)C2=O)cc1-c1ccc2c(C(F)(F)F)cc(C(F)(F)F)nc2n1. The van der Waals surface area contributed by atoms with Crippen LogP contribution in [0.4, 0.5) is 26.3 Å². The summed E-state index contributed by atoms with van der Waals surface area (Å²) in [6, 6.07) is 13.1. The molecule has 1 amide bonds. The number of pyridine rings is 2. The summed E-state index contributed by atoms with van der Waals surface area (Å²) in [6.45, 7) is 0.246. The Bertz CT molecular complexity index is 1880. The van der Waals surface area contributed by atoms with Gasteiger partial charge in [-0.25, -0.2) is 14.8 Å². The van der Waals surface area contributed by atoms with Crippen molar-refractivity contribution < 1.29 is 45.8 Å². The van der Waals surface area contributed by atoms with Gasteiger partial charge < -0.3 is 9.84 Å². The highest BCUT2D eigenvalue weighted by molar-refractivity contribution is 8.26. The molecule has 1 saturated heterocycles. The minimum absolute atomic E-state index is 0.00369. The smallest absolute Gasteiger partial charge is 0.433 e. The van der Waals surface area contributed by atoms with E-state index in [0.29, 0.717) is 16.3 Å². The Morgan fingerprint density at radius 1 is 1.00 bits per heavy atom. The van der Waals surface area contributed by atoms with Gasteiger partial charge in [0.15, 0.2) is 5.65 Å². The molecule has 0 radical (unpaired) electrons. The predicted octanol–water partition coefficient (Wildman–Crippen LogP) is 7.49. The minimum Gasteiger partial charge on any atom is -0.496 e. The summed E-state index contributed by atoms with van der Waals surface area (Å²) >= 11 is 6.45. The second kappa shape index (κ2) is 12.1. The number of thiocarbonyl (C=S) groups is 1. The maximum atomic E-state index is 13.6. The van der Waals surface area contributed by atoms with Gasteiger partial charge in [0.1, 0.15) is 15.8 Å². The number of carbonyl (C=O) groups excluding carboxylic acids is 1. The molecule has 0 aliphatic carbocycles. The van der Waals surface area contributed by atoms with Crippen molar-refractivity contribution >= 4 is 57.3 Å². The molecule has 5 rings (SSSR count). The molecule has 232 valence electrons. The lowest BCUT2D eigenvalue weighted by Crippen LogP contribution is -2.30. The lowest BCUT2D eigenvalue weighted by atomic mass is 10.0. The van der Waals surface area contributed by atoms with Gasteiger partial charge in [-0.2, -0.15) is 26.3 Å². The molecule has 1 aliphatic heterocycles. The second-order valence-electron chi connectivity index (χ2n) is 9.66. The number of carbonyl (C=O) groups is 2. The fourth-order valence-electron chi connectivity index (χ4n) is 4.55. The summed E-state index contributed by atoms with van der Waals surface area (Å²) in [7, 11) is 1.33. The molecular formula is C30H19F6N3O4S2. The molecule has 0 atom stereocenters. The molecule has 0 spiro atoms. The van der Waals surface area contributed by atoms with E-state index in [1.165, 1.54) is 42.3 Å². The van der Waals surface area contributed by atoms with Gasteiger partial charge in [0.25, 0.3) is 5.91 Å². The number of hydrogen-bond donors (Lipinski definition) is 1. The third-order valence-corrected chi connectivity index (χ3v) is 8.14. The standard InChI is InChI=1S/C30H19F6N3O4S2/c1-43-22-9-4-16(13-23-26(40)39(28(44)45-23)11-10-15-2-5-17(6-3-15)27(41)42)12-19(22)21-8-7-18-20(29(31,32)33)14-24(30(34,35)36)38-25(18)37-21/h2-9,12-14H,10-11H2,1H3,(H,41,42). The Morgan fingerprint density at radius 2 is 1.71 bits per heavy atom. The van der Waals surface area contributed by atoms with Gasteiger partial charge >= 0.3 is 18.3 Å². The lowest BCUT2D eigenvalue weighted by Gasteiger charge is -2.15. The van der Waals surface area contributed by atoms with Crippen LogP contribution in [0.25, 0.3) is 28.4 Å². The Balaban J connectivity index is 1.45. The van der Waals surface area contributed by atoms with E-state index in [-0.39, 0.29) is 46.0 Å². The van der Waals surface area contributed by atoms with Crippen molar-refractivity contribution in [2.45, 2.75) is 18.8 Å². The maximum Gasteiger partial charge on any atom is 0.433 e. The van der Waals surface area contributed by atoms with E-state index >= 15 is 0 Å². The van der Waals surface area contributed by atoms with E-state index in [0.717, 1.165) is 23.4 Å². The Morgan fingerprint density at radius 3 is 2.33 bits per heavy atom. The van der Waals surface area contributed by atoms with E-state index in [1.54, 1.807) is 24.3 Å². The number of aromatic carboxylic acids is 1. The summed E-state index contributed by atoms with van der Waals surface area (Å²) in [6.07, 6.45) is -8.26. The van der Waals surface area contributed by atoms with Gasteiger partial charge in [-0.3, -0.25) is 9.69 Å². The van der Waals surface area contributed by atoms with Crippen LogP contribution in [-0.2, 0) is 23.6 Å². The summed E-state index contributed by atoms with van der Waals surface area (Å²) in [5.74, 6) is -1.19. The minimum atomic E-state index is -5.14. The number of alkyl halides is 6. The van der Waals surface area contributed by atoms with Crippen molar-refractivity contribution in [1.29, 1.82) is 0 Å². The molecule has 1 aliphatic rings. The third-order valence-electron chi connectivity index (χ3n) is 6.76. The number of halogens is 6. The number of hydrogen-bond acceptors (Lipinski definition) is 7. The van der Waals surface area contributed by atoms with Crippen LogP contribution in [0.3, 0.4) is 0 Å².